The van der Waals surface area contributed by atoms with Crippen LogP contribution in [-0.2, 0) is 16.1 Å². The summed E-state index contributed by atoms with van der Waals surface area (Å²) in [6.45, 7) is 6.70. The normalized spacial score (nSPS) is 18.5. The zero-order valence-corrected chi connectivity index (χ0v) is 16.9. The number of carbonyl (C=O) groups is 2. The van der Waals surface area contributed by atoms with E-state index in [2.05, 4.69) is 23.4 Å². The maximum Gasteiger partial charge on any atom is 0.258 e. The lowest BCUT2D eigenvalue weighted by Gasteiger charge is -2.30. The molecule has 1 aromatic carbocycles. The second-order valence-electron chi connectivity index (χ2n) is 6.68. The molecule has 5 nitrogen and oxygen atoms in total. The summed E-state index contributed by atoms with van der Waals surface area (Å²) in [5, 5.41) is 0. The van der Waals surface area contributed by atoms with Gasteiger partial charge in [0.1, 0.15) is 0 Å². The number of nitrogens with zero attached hydrogens (tertiary/aromatic N) is 3. The van der Waals surface area contributed by atoms with Crippen LogP contribution < -0.4 is 4.80 Å². The number of benzene rings is 1. The first kappa shape index (κ1) is 19.2. The number of likely N-dealkylation sites (tertiary alicyclic amines) is 1. The fourth-order valence-corrected chi connectivity index (χ4v) is 5.09. The number of aryl methyl sites for hydroxylation is 1. The van der Waals surface area contributed by atoms with Crippen molar-refractivity contribution in [1.82, 2.24) is 9.47 Å². The van der Waals surface area contributed by atoms with E-state index in [0.717, 1.165) is 41.1 Å². The molecule has 1 fully saturated rings. The van der Waals surface area contributed by atoms with Crippen molar-refractivity contribution in [3.05, 3.63) is 29.1 Å². The van der Waals surface area contributed by atoms with Crippen molar-refractivity contribution < 1.29 is 9.59 Å². The van der Waals surface area contributed by atoms with Crippen LogP contribution in [-0.4, -0.2) is 45.9 Å². The number of carbonyl (C=O) groups excluding carboxylic acids is 2. The number of aromatic nitrogens is 1. The van der Waals surface area contributed by atoms with E-state index in [9.17, 15) is 9.59 Å². The zero-order chi connectivity index (χ0) is 18.5. The third-order valence-electron chi connectivity index (χ3n) is 4.59. The van der Waals surface area contributed by atoms with E-state index >= 15 is 0 Å². The van der Waals surface area contributed by atoms with Gasteiger partial charge in [0.15, 0.2) is 4.80 Å². The van der Waals surface area contributed by atoms with E-state index in [1.54, 1.807) is 0 Å². The standard InChI is InChI=1S/C19H25N3O2S2/c1-3-22-15-8-4-5-9-16(15)26-19(22)20-17(23)12-25-13-18(24)21-10-6-7-14(2)11-21/h4-5,8-9,14H,3,6-7,10-13H2,1-2H3/t14-/m0/s1. The number of thioether (sulfide) groups is 1. The molecule has 0 bridgehead atoms. The minimum atomic E-state index is -0.177. The number of hydrogen-bond donors (Lipinski definition) is 0. The summed E-state index contributed by atoms with van der Waals surface area (Å²) in [6, 6.07) is 8.08. The molecule has 0 unspecified atom stereocenters. The summed E-state index contributed by atoms with van der Waals surface area (Å²) in [5.41, 5.74) is 1.11. The lowest BCUT2D eigenvalue weighted by Crippen LogP contribution is -2.40. The summed E-state index contributed by atoms with van der Waals surface area (Å²) in [6.07, 6.45) is 2.27. The molecule has 2 aromatic rings. The first-order valence-electron chi connectivity index (χ1n) is 9.10. The molecular formula is C19H25N3O2S2. The van der Waals surface area contributed by atoms with Gasteiger partial charge in [0, 0.05) is 19.6 Å². The molecule has 26 heavy (non-hydrogen) atoms. The highest BCUT2D eigenvalue weighted by molar-refractivity contribution is 8.00. The number of thiazole rings is 1. The van der Waals surface area contributed by atoms with Gasteiger partial charge in [0.2, 0.25) is 5.91 Å². The lowest BCUT2D eigenvalue weighted by atomic mass is 10.0. The summed E-state index contributed by atoms with van der Waals surface area (Å²) in [5.74, 6) is 1.14. The highest BCUT2D eigenvalue weighted by Gasteiger charge is 2.20. The largest absolute Gasteiger partial charge is 0.342 e. The Kier molecular flexibility index (Phi) is 6.53. The zero-order valence-electron chi connectivity index (χ0n) is 15.3. The quantitative estimate of drug-likeness (QED) is 0.787. The molecule has 0 saturated carbocycles. The van der Waals surface area contributed by atoms with Crippen LogP contribution in [0.5, 0.6) is 0 Å². The van der Waals surface area contributed by atoms with E-state index in [1.165, 1.54) is 29.5 Å². The molecule has 1 aliphatic heterocycles. The van der Waals surface area contributed by atoms with Crippen LogP contribution in [0.4, 0.5) is 0 Å². The van der Waals surface area contributed by atoms with Gasteiger partial charge in [-0.15, -0.1) is 11.8 Å². The molecule has 0 N–H and O–H groups in total. The Morgan fingerprint density at radius 1 is 1.31 bits per heavy atom. The Morgan fingerprint density at radius 3 is 2.88 bits per heavy atom. The van der Waals surface area contributed by atoms with Gasteiger partial charge >= 0.3 is 0 Å². The number of rotatable bonds is 5. The summed E-state index contributed by atoms with van der Waals surface area (Å²) >= 11 is 2.90. The Morgan fingerprint density at radius 2 is 2.12 bits per heavy atom. The predicted molar refractivity (Wildman–Crippen MR) is 108 cm³/mol. The van der Waals surface area contributed by atoms with Gasteiger partial charge < -0.3 is 9.47 Å². The van der Waals surface area contributed by atoms with Crippen LogP contribution in [0.2, 0.25) is 0 Å². The van der Waals surface area contributed by atoms with E-state index in [0.29, 0.717) is 11.7 Å². The Bertz CT molecular complexity index is 856. The second kappa shape index (κ2) is 8.86. The van der Waals surface area contributed by atoms with Crippen LogP contribution in [0.25, 0.3) is 10.2 Å². The van der Waals surface area contributed by atoms with Crippen LogP contribution >= 0.6 is 23.1 Å². The van der Waals surface area contributed by atoms with Gasteiger partial charge in [-0.25, -0.2) is 0 Å². The first-order chi connectivity index (χ1) is 12.6. The van der Waals surface area contributed by atoms with E-state index in [1.807, 2.05) is 29.2 Å². The second-order valence-corrected chi connectivity index (χ2v) is 8.68. The average Bonchev–Trinajstić information content (AvgIpc) is 2.98. The monoisotopic (exact) mass is 391 g/mol. The van der Waals surface area contributed by atoms with Gasteiger partial charge in [-0.2, -0.15) is 4.99 Å². The highest BCUT2D eigenvalue weighted by atomic mass is 32.2. The molecule has 1 aliphatic rings. The van der Waals surface area contributed by atoms with Crippen molar-refractivity contribution in [2.24, 2.45) is 10.9 Å². The van der Waals surface area contributed by atoms with Gasteiger partial charge in [-0.05, 0) is 37.8 Å². The van der Waals surface area contributed by atoms with Gasteiger partial charge in [0.05, 0.1) is 21.7 Å². The fourth-order valence-electron chi connectivity index (χ4n) is 3.28. The third-order valence-corrected chi connectivity index (χ3v) is 6.55. The highest BCUT2D eigenvalue weighted by Crippen LogP contribution is 2.18. The number of piperidine rings is 1. The minimum absolute atomic E-state index is 0.139. The lowest BCUT2D eigenvalue weighted by molar-refractivity contribution is -0.130. The fraction of sp³-hybridized carbons (Fsp3) is 0.526. The van der Waals surface area contributed by atoms with Crippen molar-refractivity contribution >= 4 is 45.1 Å². The Labute approximate surface area is 162 Å². The van der Waals surface area contributed by atoms with E-state index in [4.69, 9.17) is 0 Å². The van der Waals surface area contributed by atoms with Crippen LogP contribution in [0.3, 0.4) is 0 Å². The molecule has 0 radical (unpaired) electrons. The van der Waals surface area contributed by atoms with Crippen LogP contribution in [0.15, 0.2) is 29.3 Å². The Balaban J connectivity index is 1.59. The molecule has 2 amide bonds. The first-order valence-corrected chi connectivity index (χ1v) is 11.1. The maximum absolute atomic E-state index is 12.3. The molecule has 1 atom stereocenters. The average molecular weight is 392 g/mol. The number of amides is 2. The number of fused-ring (bicyclic) bond motifs is 1. The molecule has 3 rings (SSSR count). The number of hydrogen-bond acceptors (Lipinski definition) is 4. The topological polar surface area (TPSA) is 54.7 Å². The minimum Gasteiger partial charge on any atom is -0.342 e. The smallest absolute Gasteiger partial charge is 0.258 e. The van der Waals surface area contributed by atoms with Crippen molar-refractivity contribution in [2.75, 3.05) is 24.6 Å². The predicted octanol–water partition coefficient (Wildman–Crippen LogP) is 3.14. The van der Waals surface area contributed by atoms with Crippen molar-refractivity contribution in [2.45, 2.75) is 33.2 Å². The van der Waals surface area contributed by atoms with Crippen molar-refractivity contribution in [3.63, 3.8) is 0 Å². The summed E-state index contributed by atoms with van der Waals surface area (Å²) in [7, 11) is 0. The van der Waals surface area contributed by atoms with Crippen LogP contribution in [0, 0.1) is 5.92 Å². The number of para-hydroxylation sites is 1. The van der Waals surface area contributed by atoms with Crippen LogP contribution in [0.1, 0.15) is 26.7 Å². The SMILES string of the molecule is CCn1c(=NC(=O)CSCC(=O)N2CCC[C@H](C)C2)sc2ccccc21. The molecule has 1 saturated heterocycles. The molecule has 1 aromatic heterocycles. The van der Waals surface area contributed by atoms with Gasteiger partial charge in [-0.1, -0.05) is 30.4 Å². The van der Waals surface area contributed by atoms with Crippen molar-refractivity contribution in [1.29, 1.82) is 0 Å². The molecule has 140 valence electrons. The Hall–Kier alpha value is -1.60. The van der Waals surface area contributed by atoms with E-state index in [-0.39, 0.29) is 17.6 Å². The van der Waals surface area contributed by atoms with E-state index < -0.39 is 0 Å². The molecule has 2 heterocycles. The molecule has 7 heteroatoms. The summed E-state index contributed by atoms with van der Waals surface area (Å²) in [4.78, 5) is 31.5. The third kappa shape index (κ3) is 4.57. The summed E-state index contributed by atoms with van der Waals surface area (Å²) < 4.78 is 3.19. The molecule has 0 aliphatic carbocycles. The van der Waals surface area contributed by atoms with Gasteiger partial charge in [0.25, 0.3) is 5.91 Å². The molecule has 0 spiro atoms. The van der Waals surface area contributed by atoms with Gasteiger partial charge in [-0.3, -0.25) is 9.59 Å². The van der Waals surface area contributed by atoms with Crippen molar-refractivity contribution in [3.8, 4) is 0 Å². The maximum atomic E-state index is 12.3. The molecular weight excluding hydrogens is 366 g/mol.